The molecule has 0 aromatic rings. The van der Waals surface area contributed by atoms with Crippen molar-refractivity contribution < 1.29 is 38.2 Å². The van der Waals surface area contributed by atoms with Crippen LogP contribution in [-0.2, 0) is 38.2 Å². The number of allylic oxidation sites excluding steroid dienone is 4. The minimum atomic E-state index is -0.950. The number of amides is 1. The lowest BCUT2D eigenvalue weighted by Crippen LogP contribution is -2.38. The molecule has 0 heterocycles. The molecule has 1 rings (SSSR count). The van der Waals surface area contributed by atoms with Crippen LogP contribution in [-0.4, -0.2) is 55.0 Å². The largest absolute Gasteiger partial charge is 0.463 e. The maximum absolute atomic E-state index is 13.5. The molecule has 0 aromatic heterocycles. The Balaban J connectivity index is 2.96. The predicted molar refractivity (Wildman–Crippen MR) is 142 cm³/mol. The minimum Gasteiger partial charge on any atom is -0.463 e. The van der Waals surface area contributed by atoms with E-state index in [9.17, 15) is 28.8 Å². The molecule has 0 saturated heterocycles. The Morgan fingerprint density at radius 2 is 1.24 bits per heavy atom. The summed E-state index contributed by atoms with van der Waals surface area (Å²) in [5, 5.41) is 2.64. The SMILES string of the molecule is C=CC(=O)OCCCC(=O)CC(C)(C)C1=C(C)C(=O)C(C(C)(C)CC(=O)NCCOC(=O)C=C)=C(C)C1=O. The van der Waals surface area contributed by atoms with Gasteiger partial charge in [0.25, 0.3) is 0 Å². The molecule has 1 N–H and O–H groups in total. The van der Waals surface area contributed by atoms with Crippen molar-refractivity contribution in [1.29, 1.82) is 0 Å². The summed E-state index contributed by atoms with van der Waals surface area (Å²) < 4.78 is 9.72. The second-order valence-corrected chi connectivity index (χ2v) is 10.5. The summed E-state index contributed by atoms with van der Waals surface area (Å²) >= 11 is 0. The molecule has 0 saturated carbocycles. The molecule has 9 heteroatoms. The van der Waals surface area contributed by atoms with E-state index in [0.717, 1.165) is 12.2 Å². The van der Waals surface area contributed by atoms with Crippen LogP contribution in [0.3, 0.4) is 0 Å². The van der Waals surface area contributed by atoms with E-state index >= 15 is 0 Å². The Bertz CT molecular complexity index is 1000. The van der Waals surface area contributed by atoms with Crippen molar-refractivity contribution in [1.82, 2.24) is 5.32 Å². The Labute approximate surface area is 224 Å². The molecule has 0 aliphatic heterocycles. The van der Waals surface area contributed by atoms with Gasteiger partial charge in [0, 0.05) is 64.5 Å². The van der Waals surface area contributed by atoms with Crippen molar-refractivity contribution in [2.75, 3.05) is 19.8 Å². The summed E-state index contributed by atoms with van der Waals surface area (Å²) in [7, 11) is 0. The number of esters is 2. The van der Waals surface area contributed by atoms with Crippen LogP contribution in [0, 0.1) is 10.8 Å². The summed E-state index contributed by atoms with van der Waals surface area (Å²) in [4.78, 5) is 74.4. The number of Topliss-reactive ketones (excluding diaryl/α,β-unsaturated/α-hetero) is 3. The predicted octanol–water partition coefficient (Wildman–Crippen LogP) is 3.53. The highest BCUT2D eigenvalue weighted by atomic mass is 16.5. The molecule has 0 radical (unpaired) electrons. The summed E-state index contributed by atoms with van der Waals surface area (Å²) in [5.41, 5.74) is -0.775. The Kier molecular flexibility index (Phi) is 11.8. The van der Waals surface area contributed by atoms with Crippen LogP contribution in [0.1, 0.15) is 67.2 Å². The molecule has 0 unspecified atom stereocenters. The topological polar surface area (TPSA) is 133 Å². The average Bonchev–Trinajstić information content (AvgIpc) is 2.82. The molecule has 1 aliphatic carbocycles. The standard InChI is InChI=1S/C29H39NO8/c1-9-22(33)37-14-11-12-20(31)16-28(5,6)24-18(3)27(36)25(19(4)26(24)35)29(7,8)17-21(32)30-13-15-38-23(34)10-2/h9-10H,1-2,11-17H2,3-8H3,(H,30,32). The van der Waals surface area contributed by atoms with E-state index in [4.69, 9.17) is 9.47 Å². The zero-order chi connectivity index (χ0) is 29.3. The molecule has 0 atom stereocenters. The van der Waals surface area contributed by atoms with Gasteiger partial charge in [0.2, 0.25) is 5.91 Å². The number of rotatable bonds is 15. The monoisotopic (exact) mass is 529 g/mol. The van der Waals surface area contributed by atoms with Gasteiger partial charge in [-0.1, -0.05) is 40.9 Å². The van der Waals surface area contributed by atoms with Crippen LogP contribution in [0.25, 0.3) is 0 Å². The van der Waals surface area contributed by atoms with E-state index in [-0.39, 0.29) is 79.0 Å². The van der Waals surface area contributed by atoms with Crippen molar-refractivity contribution in [3.05, 3.63) is 47.6 Å². The second kappa shape index (κ2) is 13.8. The first-order chi connectivity index (χ1) is 17.6. The molecule has 38 heavy (non-hydrogen) atoms. The highest BCUT2D eigenvalue weighted by Crippen LogP contribution is 2.44. The van der Waals surface area contributed by atoms with Gasteiger partial charge in [0.1, 0.15) is 12.4 Å². The number of hydrogen-bond donors (Lipinski definition) is 1. The van der Waals surface area contributed by atoms with Gasteiger partial charge in [-0.3, -0.25) is 19.2 Å². The molecule has 0 aromatic carbocycles. The lowest BCUT2D eigenvalue weighted by atomic mass is 9.65. The number of carbonyl (C=O) groups is 6. The van der Waals surface area contributed by atoms with Gasteiger partial charge in [-0.15, -0.1) is 0 Å². The van der Waals surface area contributed by atoms with Gasteiger partial charge in [0.15, 0.2) is 11.6 Å². The zero-order valence-electron chi connectivity index (χ0n) is 23.3. The van der Waals surface area contributed by atoms with Crippen molar-refractivity contribution in [3.63, 3.8) is 0 Å². The van der Waals surface area contributed by atoms with Gasteiger partial charge in [-0.2, -0.15) is 0 Å². The van der Waals surface area contributed by atoms with E-state index in [2.05, 4.69) is 18.5 Å². The first-order valence-electron chi connectivity index (χ1n) is 12.5. The summed E-state index contributed by atoms with van der Waals surface area (Å²) in [6.07, 6.45) is 2.56. The van der Waals surface area contributed by atoms with E-state index < -0.39 is 22.8 Å². The van der Waals surface area contributed by atoms with Gasteiger partial charge >= 0.3 is 11.9 Å². The van der Waals surface area contributed by atoms with Crippen LogP contribution < -0.4 is 5.32 Å². The first-order valence-corrected chi connectivity index (χ1v) is 12.5. The van der Waals surface area contributed by atoms with Crippen LogP contribution in [0.5, 0.6) is 0 Å². The fraction of sp³-hybridized carbons (Fsp3) is 0.517. The molecule has 1 amide bonds. The van der Waals surface area contributed by atoms with Gasteiger partial charge < -0.3 is 14.8 Å². The first kappa shape index (κ1) is 32.4. The maximum Gasteiger partial charge on any atom is 0.330 e. The third kappa shape index (κ3) is 8.75. The molecule has 0 bridgehead atoms. The third-order valence-electron chi connectivity index (χ3n) is 6.33. The molecule has 9 nitrogen and oxygen atoms in total. The number of ether oxygens (including phenoxy) is 2. The fourth-order valence-electron chi connectivity index (χ4n) is 4.70. The lowest BCUT2D eigenvalue weighted by molar-refractivity contribution is -0.139. The summed E-state index contributed by atoms with van der Waals surface area (Å²) in [6, 6.07) is 0. The molecular weight excluding hydrogens is 490 g/mol. The Morgan fingerprint density at radius 1 is 0.789 bits per heavy atom. The lowest BCUT2D eigenvalue weighted by Gasteiger charge is -2.36. The summed E-state index contributed by atoms with van der Waals surface area (Å²) in [5.74, 6) is -2.28. The van der Waals surface area contributed by atoms with E-state index in [1.54, 1.807) is 41.5 Å². The maximum atomic E-state index is 13.5. The fourth-order valence-corrected chi connectivity index (χ4v) is 4.70. The van der Waals surface area contributed by atoms with Crippen LogP contribution in [0.4, 0.5) is 0 Å². The van der Waals surface area contributed by atoms with E-state index in [1.807, 2.05) is 0 Å². The van der Waals surface area contributed by atoms with Crippen molar-refractivity contribution in [2.45, 2.75) is 67.2 Å². The van der Waals surface area contributed by atoms with Crippen molar-refractivity contribution in [2.24, 2.45) is 10.8 Å². The van der Waals surface area contributed by atoms with Gasteiger partial charge in [-0.25, -0.2) is 9.59 Å². The normalized spacial score (nSPS) is 14.3. The van der Waals surface area contributed by atoms with E-state index in [0.29, 0.717) is 12.0 Å². The molecular formula is C29H39NO8. The quantitative estimate of drug-likeness (QED) is 0.147. The number of nitrogens with one attached hydrogen (secondary N) is 1. The molecule has 1 aliphatic rings. The van der Waals surface area contributed by atoms with Crippen LogP contribution in [0.15, 0.2) is 47.6 Å². The number of carbonyl (C=O) groups excluding carboxylic acids is 6. The zero-order valence-corrected chi connectivity index (χ0v) is 23.3. The third-order valence-corrected chi connectivity index (χ3v) is 6.33. The Morgan fingerprint density at radius 3 is 1.71 bits per heavy atom. The number of hydrogen-bond acceptors (Lipinski definition) is 8. The van der Waals surface area contributed by atoms with Crippen LogP contribution in [0.2, 0.25) is 0 Å². The van der Waals surface area contributed by atoms with Crippen LogP contribution >= 0.6 is 0 Å². The highest BCUT2D eigenvalue weighted by Gasteiger charge is 2.43. The minimum absolute atomic E-state index is 0.0187. The molecule has 0 spiro atoms. The molecule has 0 fully saturated rings. The van der Waals surface area contributed by atoms with Crippen molar-refractivity contribution >= 4 is 35.2 Å². The average molecular weight is 530 g/mol. The summed E-state index contributed by atoms with van der Waals surface area (Å²) in [6.45, 7) is 16.9. The second-order valence-electron chi connectivity index (χ2n) is 10.5. The smallest absolute Gasteiger partial charge is 0.330 e. The number of ketones is 3. The van der Waals surface area contributed by atoms with Crippen molar-refractivity contribution in [3.8, 4) is 0 Å². The van der Waals surface area contributed by atoms with Gasteiger partial charge in [-0.05, 0) is 20.3 Å². The van der Waals surface area contributed by atoms with Gasteiger partial charge in [0.05, 0.1) is 13.2 Å². The highest BCUT2D eigenvalue weighted by molar-refractivity contribution is 6.26. The Hall–Kier alpha value is -3.62. The molecule has 208 valence electrons. The van der Waals surface area contributed by atoms with E-state index in [1.165, 1.54) is 0 Å².